The topological polar surface area (TPSA) is 96.5 Å². The molecule has 0 bridgehead atoms. The molecule has 0 radical (unpaired) electrons. The number of morpholine rings is 1. The van der Waals surface area contributed by atoms with Crippen molar-refractivity contribution in [3.63, 3.8) is 0 Å². The number of amides is 2. The van der Waals surface area contributed by atoms with Crippen molar-refractivity contribution in [1.82, 2.24) is 20.2 Å². The minimum Gasteiger partial charge on any atom is -0.375 e. The Morgan fingerprint density at radius 3 is 2.91 bits per heavy atom. The van der Waals surface area contributed by atoms with Crippen LogP contribution in [0.3, 0.4) is 0 Å². The molecule has 0 spiro atoms. The van der Waals surface area contributed by atoms with Crippen LogP contribution in [0.1, 0.15) is 54.0 Å². The van der Waals surface area contributed by atoms with E-state index in [9.17, 15) is 9.59 Å². The van der Waals surface area contributed by atoms with Crippen LogP contribution in [-0.2, 0) is 22.5 Å². The third-order valence-corrected chi connectivity index (χ3v) is 7.62. The Kier molecular flexibility index (Phi) is 5.73. The highest BCUT2D eigenvalue weighted by Crippen LogP contribution is 2.40. The molecule has 2 aromatic rings. The molecule has 5 rings (SSSR count). The molecule has 1 aliphatic carbocycles. The predicted octanol–water partition coefficient (Wildman–Crippen LogP) is 2.76. The Balaban J connectivity index is 1.53. The van der Waals surface area contributed by atoms with Gasteiger partial charge in [0, 0.05) is 39.0 Å². The molecule has 8 nitrogen and oxygen atoms in total. The molecule has 0 aromatic carbocycles. The molecule has 32 heavy (non-hydrogen) atoms. The molecule has 1 unspecified atom stereocenters. The van der Waals surface area contributed by atoms with Gasteiger partial charge in [-0.05, 0) is 44.2 Å². The van der Waals surface area contributed by atoms with Crippen LogP contribution in [0.4, 0.5) is 5.13 Å². The number of rotatable bonds is 6. The second kappa shape index (κ2) is 8.53. The Labute approximate surface area is 191 Å². The molecule has 2 fully saturated rings. The number of hydrogen-bond donors (Lipinski definition) is 2. The summed E-state index contributed by atoms with van der Waals surface area (Å²) in [5, 5.41) is 6.70. The summed E-state index contributed by atoms with van der Waals surface area (Å²) in [4.78, 5) is 37.3. The average molecular weight is 456 g/mol. The van der Waals surface area contributed by atoms with E-state index < -0.39 is 0 Å². The van der Waals surface area contributed by atoms with Gasteiger partial charge in [0.2, 0.25) is 5.91 Å². The number of aryl methyl sites for hydroxylation is 1. The van der Waals surface area contributed by atoms with Crippen LogP contribution in [0.15, 0.2) is 6.07 Å². The Hall–Kier alpha value is -2.36. The Morgan fingerprint density at radius 2 is 2.22 bits per heavy atom. The lowest BCUT2D eigenvalue weighted by Gasteiger charge is -2.25. The van der Waals surface area contributed by atoms with Crippen molar-refractivity contribution in [3.05, 3.63) is 28.6 Å². The molecule has 2 N–H and O–H groups in total. The highest BCUT2D eigenvalue weighted by molar-refractivity contribution is 7.19. The number of hydrogen-bond acceptors (Lipinski definition) is 7. The Bertz CT molecular complexity index is 1060. The van der Waals surface area contributed by atoms with Gasteiger partial charge in [0.05, 0.1) is 40.2 Å². The number of anilines is 1. The lowest BCUT2D eigenvalue weighted by Crippen LogP contribution is -2.40. The number of nitrogens with zero attached hydrogens (tertiary/aromatic N) is 3. The number of carbonyl (C=O) groups is 2. The van der Waals surface area contributed by atoms with Crippen molar-refractivity contribution >= 4 is 28.3 Å². The van der Waals surface area contributed by atoms with E-state index in [0.29, 0.717) is 30.6 Å². The van der Waals surface area contributed by atoms with Gasteiger partial charge in [0.1, 0.15) is 0 Å². The first-order chi connectivity index (χ1) is 15.4. The summed E-state index contributed by atoms with van der Waals surface area (Å²) in [6.07, 6.45) is 2.99. The quantitative estimate of drug-likeness (QED) is 0.695. The highest BCUT2D eigenvalue weighted by atomic mass is 32.1. The van der Waals surface area contributed by atoms with E-state index in [1.54, 1.807) is 0 Å². The zero-order valence-corrected chi connectivity index (χ0v) is 19.6. The van der Waals surface area contributed by atoms with E-state index >= 15 is 0 Å². The minimum absolute atomic E-state index is 0.00389. The van der Waals surface area contributed by atoms with Crippen molar-refractivity contribution in [2.45, 2.75) is 58.7 Å². The minimum atomic E-state index is -0.148. The first-order valence-corrected chi connectivity index (χ1v) is 12.1. The Morgan fingerprint density at radius 1 is 1.41 bits per heavy atom. The zero-order valence-electron chi connectivity index (χ0n) is 18.7. The van der Waals surface area contributed by atoms with E-state index in [1.807, 2.05) is 17.9 Å². The maximum atomic E-state index is 13.4. The van der Waals surface area contributed by atoms with Gasteiger partial charge in [0.25, 0.3) is 5.91 Å². The number of ether oxygens (including phenoxy) is 1. The first kappa shape index (κ1) is 21.5. The lowest BCUT2D eigenvalue weighted by atomic mass is 10.0. The summed E-state index contributed by atoms with van der Waals surface area (Å²) in [5.74, 6) is 0.557. The van der Waals surface area contributed by atoms with Gasteiger partial charge in [-0.15, -0.1) is 0 Å². The largest absolute Gasteiger partial charge is 0.375 e. The molecule has 2 aromatic heterocycles. The number of thiazole rings is 1. The first-order valence-electron chi connectivity index (χ1n) is 11.3. The number of fused-ring (bicyclic) bond motifs is 1. The van der Waals surface area contributed by atoms with Crippen LogP contribution in [0.5, 0.6) is 0 Å². The summed E-state index contributed by atoms with van der Waals surface area (Å²) in [5.41, 5.74) is 4.21. The summed E-state index contributed by atoms with van der Waals surface area (Å²) in [6.45, 7) is 8.45. The molecule has 2 aliphatic heterocycles. The van der Waals surface area contributed by atoms with Gasteiger partial charge >= 0.3 is 0 Å². The summed E-state index contributed by atoms with van der Waals surface area (Å²) in [6, 6.07) is 2.28. The fraction of sp³-hybridized carbons (Fsp3) is 0.565. The maximum absolute atomic E-state index is 13.4. The molecule has 2 amide bonds. The zero-order chi connectivity index (χ0) is 22.4. The van der Waals surface area contributed by atoms with E-state index in [2.05, 4.69) is 22.5 Å². The molecule has 170 valence electrons. The van der Waals surface area contributed by atoms with E-state index in [0.717, 1.165) is 46.2 Å². The summed E-state index contributed by atoms with van der Waals surface area (Å²) < 4.78 is 5.93. The second-order valence-corrected chi connectivity index (χ2v) is 10.0. The van der Waals surface area contributed by atoms with Crippen molar-refractivity contribution in [1.29, 1.82) is 0 Å². The van der Waals surface area contributed by atoms with Gasteiger partial charge in [0.15, 0.2) is 5.13 Å². The van der Waals surface area contributed by atoms with Crippen LogP contribution in [0, 0.1) is 12.8 Å². The van der Waals surface area contributed by atoms with Gasteiger partial charge < -0.3 is 20.3 Å². The van der Waals surface area contributed by atoms with Crippen LogP contribution in [0.2, 0.25) is 0 Å². The number of nitrogens with one attached hydrogen (secondary N) is 2. The molecular formula is C23H29N5O3S. The number of pyridine rings is 1. The van der Waals surface area contributed by atoms with Gasteiger partial charge in [-0.25, -0.2) is 4.98 Å². The fourth-order valence-corrected chi connectivity index (χ4v) is 5.64. The van der Waals surface area contributed by atoms with E-state index in [4.69, 9.17) is 9.72 Å². The van der Waals surface area contributed by atoms with E-state index in [-0.39, 0.29) is 24.0 Å². The monoisotopic (exact) mass is 455 g/mol. The summed E-state index contributed by atoms with van der Waals surface area (Å²) in [7, 11) is 0. The molecular weight excluding hydrogens is 426 g/mol. The third-order valence-electron chi connectivity index (χ3n) is 6.52. The number of carbonyl (C=O) groups excluding carboxylic acids is 2. The predicted molar refractivity (Wildman–Crippen MR) is 123 cm³/mol. The molecule has 4 heterocycles. The smallest absolute Gasteiger partial charge is 0.256 e. The van der Waals surface area contributed by atoms with Crippen LogP contribution in [0.25, 0.3) is 10.6 Å². The normalized spacial score (nSPS) is 21.5. The third kappa shape index (κ3) is 4.16. The molecule has 3 aliphatic rings. The van der Waals surface area contributed by atoms with Gasteiger partial charge in [-0.3, -0.25) is 14.6 Å². The standard InChI is InChI=1S/C23H29N5O3S/c1-12-21(32-23(25-12)26-14(3)29)19-8-16-11-28(13(2)15-4-5-15)22(30)20(16)18(27-19)9-17-10-24-6-7-31-17/h8,13,15,17,24H,4-7,9-11H2,1-3H3,(H,25,26,29)/t13?,17-/m0/s1. The van der Waals surface area contributed by atoms with Crippen molar-refractivity contribution < 1.29 is 14.3 Å². The van der Waals surface area contributed by atoms with Crippen molar-refractivity contribution in [3.8, 4) is 10.6 Å². The molecule has 1 saturated heterocycles. The molecule has 9 heteroatoms. The lowest BCUT2D eigenvalue weighted by molar-refractivity contribution is -0.114. The van der Waals surface area contributed by atoms with Crippen LogP contribution >= 0.6 is 11.3 Å². The fourth-order valence-electron chi connectivity index (χ4n) is 4.67. The molecule has 1 saturated carbocycles. The summed E-state index contributed by atoms with van der Waals surface area (Å²) >= 11 is 1.42. The van der Waals surface area contributed by atoms with Crippen LogP contribution < -0.4 is 10.6 Å². The van der Waals surface area contributed by atoms with Crippen LogP contribution in [-0.4, -0.2) is 58.5 Å². The number of aromatic nitrogens is 2. The second-order valence-electron chi connectivity index (χ2n) is 9.02. The van der Waals surface area contributed by atoms with E-state index in [1.165, 1.54) is 31.1 Å². The maximum Gasteiger partial charge on any atom is 0.256 e. The molecule has 2 atom stereocenters. The van der Waals surface area contributed by atoms with Gasteiger partial charge in [-0.2, -0.15) is 0 Å². The average Bonchev–Trinajstić information content (AvgIpc) is 3.47. The SMILES string of the molecule is CC(=O)Nc1nc(C)c(-c2cc3c(c(C[C@H]4CNCCO4)n2)C(=O)N(C(C)C2CC2)C3)s1. The highest BCUT2D eigenvalue weighted by Gasteiger charge is 2.40. The van der Waals surface area contributed by atoms with Crippen molar-refractivity contribution in [2.75, 3.05) is 25.0 Å². The van der Waals surface area contributed by atoms with Crippen molar-refractivity contribution in [2.24, 2.45) is 5.92 Å². The van der Waals surface area contributed by atoms with Gasteiger partial charge in [-0.1, -0.05) is 11.3 Å².